The van der Waals surface area contributed by atoms with E-state index in [4.69, 9.17) is 5.11 Å². The van der Waals surface area contributed by atoms with Gasteiger partial charge in [0.1, 0.15) is 17.6 Å². The van der Waals surface area contributed by atoms with Gasteiger partial charge in [-0.25, -0.2) is 9.78 Å². The molecule has 102 valence electrons. The van der Waals surface area contributed by atoms with E-state index in [9.17, 15) is 19.7 Å². The van der Waals surface area contributed by atoms with Crippen LogP contribution in [0.1, 0.15) is 10.4 Å². The molecule has 1 amide bonds. The van der Waals surface area contributed by atoms with E-state index in [-0.39, 0.29) is 23.8 Å². The molecule has 1 heterocycles. The number of carbonyl (C=O) groups excluding carboxylic acids is 1. The van der Waals surface area contributed by atoms with Gasteiger partial charge >= 0.3 is 5.97 Å². The molecule has 1 rings (SSSR count). The molecule has 2 N–H and O–H groups in total. The first-order valence-corrected chi connectivity index (χ1v) is 5.14. The Morgan fingerprint density at radius 3 is 2.63 bits per heavy atom. The Morgan fingerprint density at radius 1 is 1.53 bits per heavy atom. The third-order valence-corrected chi connectivity index (χ3v) is 2.22. The van der Waals surface area contributed by atoms with Crippen molar-refractivity contribution in [2.75, 3.05) is 26.0 Å². The molecule has 0 bridgehead atoms. The third-order valence-electron chi connectivity index (χ3n) is 2.22. The summed E-state index contributed by atoms with van der Waals surface area (Å²) in [6.45, 7) is -0.155. The molecule has 9 heteroatoms. The second-order valence-corrected chi connectivity index (χ2v) is 3.79. The Bertz CT molecular complexity index is 529. The lowest BCUT2D eigenvalue weighted by molar-refractivity contribution is -0.385. The number of hydrogen-bond acceptors (Lipinski definition) is 6. The van der Waals surface area contributed by atoms with E-state index in [0.717, 1.165) is 12.3 Å². The fourth-order valence-corrected chi connectivity index (χ4v) is 1.17. The number of nitrogens with zero attached hydrogens (tertiary/aromatic N) is 3. The zero-order valence-electron chi connectivity index (χ0n) is 10.3. The SMILES string of the molecule is CN(C)C(=O)CNc1ncc([N+](=O)[O-])cc1C(=O)O. The van der Waals surface area contributed by atoms with Crippen LogP contribution >= 0.6 is 0 Å². The fraction of sp³-hybridized carbons (Fsp3) is 0.300. The Balaban J connectivity index is 2.98. The van der Waals surface area contributed by atoms with Crippen molar-refractivity contribution in [2.45, 2.75) is 0 Å². The lowest BCUT2D eigenvalue weighted by atomic mass is 10.2. The van der Waals surface area contributed by atoms with Crippen LogP contribution in [0.4, 0.5) is 11.5 Å². The van der Waals surface area contributed by atoms with Crippen molar-refractivity contribution in [1.82, 2.24) is 9.88 Å². The van der Waals surface area contributed by atoms with E-state index in [2.05, 4.69) is 10.3 Å². The smallest absolute Gasteiger partial charge is 0.339 e. The Morgan fingerprint density at radius 2 is 2.16 bits per heavy atom. The number of likely N-dealkylation sites (N-methyl/N-ethyl adjacent to an activating group) is 1. The topological polar surface area (TPSA) is 126 Å². The zero-order chi connectivity index (χ0) is 14.6. The number of pyridine rings is 1. The fourth-order valence-electron chi connectivity index (χ4n) is 1.17. The quantitative estimate of drug-likeness (QED) is 0.576. The largest absolute Gasteiger partial charge is 0.478 e. The first-order chi connectivity index (χ1) is 8.82. The summed E-state index contributed by atoms with van der Waals surface area (Å²) in [4.78, 5) is 37.1. The molecule has 9 nitrogen and oxygen atoms in total. The first-order valence-electron chi connectivity index (χ1n) is 5.14. The number of anilines is 1. The lowest BCUT2D eigenvalue weighted by Gasteiger charge is -2.12. The minimum atomic E-state index is -1.36. The maximum atomic E-state index is 11.4. The Labute approximate surface area is 108 Å². The summed E-state index contributed by atoms with van der Waals surface area (Å²) in [6, 6.07) is 0.887. The minimum Gasteiger partial charge on any atom is -0.478 e. The van der Waals surface area contributed by atoms with Crippen LogP contribution in [0.2, 0.25) is 0 Å². The van der Waals surface area contributed by atoms with Crippen molar-refractivity contribution < 1.29 is 19.6 Å². The summed E-state index contributed by atoms with van der Waals surface area (Å²) in [6.07, 6.45) is 0.926. The van der Waals surface area contributed by atoms with Gasteiger partial charge in [-0.05, 0) is 0 Å². The van der Waals surface area contributed by atoms with Crippen LogP contribution in [-0.4, -0.2) is 52.4 Å². The Kier molecular flexibility index (Phi) is 4.35. The maximum Gasteiger partial charge on any atom is 0.339 e. The van der Waals surface area contributed by atoms with Crippen LogP contribution in [0.25, 0.3) is 0 Å². The monoisotopic (exact) mass is 268 g/mol. The number of hydrogen-bond donors (Lipinski definition) is 2. The van der Waals surface area contributed by atoms with Crippen LogP contribution in [-0.2, 0) is 4.79 Å². The number of carboxylic acids is 1. The number of carbonyl (C=O) groups is 2. The summed E-state index contributed by atoms with van der Waals surface area (Å²) >= 11 is 0. The van der Waals surface area contributed by atoms with Crippen molar-refractivity contribution in [3.8, 4) is 0 Å². The van der Waals surface area contributed by atoms with Crippen LogP contribution in [0.5, 0.6) is 0 Å². The molecule has 0 atom stereocenters. The number of carboxylic acid groups (broad SMARTS) is 1. The van der Waals surface area contributed by atoms with E-state index < -0.39 is 16.6 Å². The summed E-state index contributed by atoms with van der Waals surface area (Å²) in [7, 11) is 3.09. The van der Waals surface area contributed by atoms with Crippen molar-refractivity contribution in [1.29, 1.82) is 0 Å². The van der Waals surface area contributed by atoms with Gasteiger partial charge in [-0.1, -0.05) is 0 Å². The summed E-state index contributed by atoms with van der Waals surface area (Å²) in [5.74, 6) is -1.74. The molecule has 0 radical (unpaired) electrons. The summed E-state index contributed by atoms with van der Waals surface area (Å²) in [5.41, 5.74) is -0.789. The number of aromatic nitrogens is 1. The van der Waals surface area contributed by atoms with Gasteiger partial charge in [-0.3, -0.25) is 14.9 Å². The zero-order valence-corrected chi connectivity index (χ0v) is 10.3. The molecule has 0 unspecified atom stereocenters. The molecule has 0 aliphatic carbocycles. The van der Waals surface area contributed by atoms with Gasteiger partial charge in [0.25, 0.3) is 5.69 Å². The van der Waals surface area contributed by atoms with Gasteiger partial charge in [0.2, 0.25) is 5.91 Å². The number of amides is 1. The molecule has 1 aromatic rings. The number of nitrogens with one attached hydrogen (secondary N) is 1. The molecule has 0 fully saturated rings. The maximum absolute atomic E-state index is 11.4. The predicted octanol–water partition coefficient (Wildman–Crippen LogP) is 0.188. The molecule has 0 aromatic carbocycles. The van der Waals surface area contributed by atoms with Crippen LogP contribution in [0.15, 0.2) is 12.3 Å². The first kappa shape index (κ1) is 14.4. The summed E-state index contributed by atoms with van der Waals surface area (Å²) < 4.78 is 0. The van der Waals surface area contributed by atoms with E-state index in [1.54, 1.807) is 14.1 Å². The van der Waals surface area contributed by atoms with E-state index in [0.29, 0.717) is 0 Å². The molecule has 1 aromatic heterocycles. The molecule has 19 heavy (non-hydrogen) atoms. The van der Waals surface area contributed by atoms with Gasteiger partial charge in [-0.2, -0.15) is 0 Å². The molecule has 0 saturated carbocycles. The van der Waals surface area contributed by atoms with Crippen LogP contribution in [0, 0.1) is 10.1 Å². The van der Waals surface area contributed by atoms with E-state index in [1.165, 1.54) is 4.90 Å². The minimum absolute atomic E-state index is 0.0895. The normalized spacial score (nSPS) is 9.79. The van der Waals surface area contributed by atoms with Gasteiger partial charge < -0.3 is 15.3 Å². The molecular formula is C10H12N4O5. The Hall–Kier alpha value is -2.71. The predicted molar refractivity (Wildman–Crippen MR) is 65.0 cm³/mol. The van der Waals surface area contributed by atoms with Crippen molar-refractivity contribution in [2.24, 2.45) is 0 Å². The second-order valence-electron chi connectivity index (χ2n) is 3.79. The van der Waals surface area contributed by atoms with E-state index >= 15 is 0 Å². The van der Waals surface area contributed by atoms with Gasteiger partial charge in [0, 0.05) is 20.2 Å². The number of aromatic carboxylic acids is 1. The van der Waals surface area contributed by atoms with Gasteiger partial charge in [0.05, 0.1) is 11.5 Å². The standard InChI is InChI=1S/C10H12N4O5/c1-13(2)8(15)5-12-9-7(10(16)17)3-6(4-11-9)14(18)19/h3-4H,5H2,1-2H3,(H,11,12)(H,16,17). The lowest BCUT2D eigenvalue weighted by Crippen LogP contribution is -2.29. The van der Waals surface area contributed by atoms with Crippen LogP contribution < -0.4 is 5.32 Å². The average Bonchev–Trinajstić information content (AvgIpc) is 2.35. The highest BCUT2D eigenvalue weighted by molar-refractivity contribution is 5.94. The molecule has 0 spiro atoms. The van der Waals surface area contributed by atoms with Crippen LogP contribution in [0.3, 0.4) is 0 Å². The number of nitro groups is 1. The van der Waals surface area contributed by atoms with E-state index in [1.807, 2.05) is 0 Å². The van der Waals surface area contributed by atoms with Crippen molar-refractivity contribution in [3.63, 3.8) is 0 Å². The van der Waals surface area contributed by atoms with Crippen molar-refractivity contribution >= 4 is 23.4 Å². The number of rotatable bonds is 5. The highest BCUT2D eigenvalue weighted by atomic mass is 16.6. The highest BCUT2D eigenvalue weighted by Gasteiger charge is 2.18. The third kappa shape index (κ3) is 3.63. The second kappa shape index (κ2) is 5.76. The summed E-state index contributed by atoms with van der Waals surface area (Å²) in [5, 5.41) is 22.0. The molecule has 0 saturated heterocycles. The molecule has 0 aliphatic heterocycles. The van der Waals surface area contributed by atoms with Gasteiger partial charge in [-0.15, -0.1) is 0 Å². The molecular weight excluding hydrogens is 256 g/mol. The van der Waals surface area contributed by atoms with Crippen molar-refractivity contribution in [3.05, 3.63) is 27.9 Å². The van der Waals surface area contributed by atoms with Gasteiger partial charge in [0.15, 0.2) is 0 Å². The highest BCUT2D eigenvalue weighted by Crippen LogP contribution is 2.18. The average molecular weight is 268 g/mol. The molecule has 0 aliphatic rings.